The summed E-state index contributed by atoms with van der Waals surface area (Å²) in [6.07, 6.45) is 5.85. The first-order valence-corrected chi connectivity index (χ1v) is 9.72. The van der Waals surface area contributed by atoms with Gasteiger partial charge >= 0.3 is 5.97 Å². The van der Waals surface area contributed by atoms with Gasteiger partial charge in [0.2, 0.25) is 0 Å². The summed E-state index contributed by atoms with van der Waals surface area (Å²) in [4.78, 5) is 16.7. The number of aryl methyl sites for hydroxylation is 1. The summed E-state index contributed by atoms with van der Waals surface area (Å²) in [5.74, 6) is 2.16. The molecule has 2 aliphatic carbocycles. The van der Waals surface area contributed by atoms with Gasteiger partial charge in [-0.3, -0.25) is 4.79 Å². The molecular weight excluding hydrogens is 318 g/mol. The van der Waals surface area contributed by atoms with Gasteiger partial charge in [0, 0.05) is 17.4 Å². The Bertz CT molecular complexity index is 721. The largest absolute Gasteiger partial charge is 0.459 e. The minimum Gasteiger partial charge on any atom is -0.459 e. The van der Waals surface area contributed by atoms with Crippen molar-refractivity contribution in [3.63, 3.8) is 0 Å². The van der Waals surface area contributed by atoms with Crippen molar-refractivity contribution in [1.82, 2.24) is 4.98 Å². The van der Waals surface area contributed by atoms with Gasteiger partial charge in [-0.05, 0) is 43.9 Å². The molecule has 1 heterocycles. The van der Waals surface area contributed by atoms with Crippen LogP contribution in [0.2, 0.25) is 0 Å². The number of carbonyl (C=O) groups is 1. The van der Waals surface area contributed by atoms with Crippen molar-refractivity contribution in [3.05, 3.63) is 40.9 Å². The lowest BCUT2D eigenvalue weighted by Crippen LogP contribution is -2.17. The minimum atomic E-state index is -0.0579. The Morgan fingerprint density at radius 2 is 2.08 bits per heavy atom. The lowest BCUT2D eigenvalue weighted by molar-refractivity contribution is -0.146. The molecule has 0 N–H and O–H groups in total. The normalized spacial score (nSPS) is 25.1. The zero-order valence-electron chi connectivity index (χ0n) is 14.0. The fourth-order valence-corrected chi connectivity index (χ4v) is 5.07. The second-order valence-corrected chi connectivity index (χ2v) is 8.17. The Balaban J connectivity index is 1.30. The van der Waals surface area contributed by atoms with Gasteiger partial charge in [0.05, 0.1) is 5.69 Å². The molecule has 2 fully saturated rings. The molecule has 1 aromatic carbocycles. The predicted molar refractivity (Wildman–Crippen MR) is 95.6 cm³/mol. The Kier molecular flexibility index (Phi) is 4.40. The second kappa shape index (κ2) is 6.67. The minimum absolute atomic E-state index is 0.0579. The molecule has 0 saturated heterocycles. The van der Waals surface area contributed by atoms with Gasteiger partial charge in [0.25, 0.3) is 0 Å². The maximum atomic E-state index is 12.1. The summed E-state index contributed by atoms with van der Waals surface area (Å²) < 4.78 is 5.47. The fourth-order valence-electron chi connectivity index (χ4n) is 4.26. The van der Waals surface area contributed by atoms with Crippen molar-refractivity contribution in [2.45, 2.75) is 45.6 Å². The van der Waals surface area contributed by atoms with Crippen LogP contribution in [0.5, 0.6) is 0 Å². The molecule has 2 aliphatic rings. The molecule has 3 atom stereocenters. The highest BCUT2D eigenvalue weighted by atomic mass is 32.1. The summed E-state index contributed by atoms with van der Waals surface area (Å²) in [5.41, 5.74) is 3.20. The molecule has 24 heavy (non-hydrogen) atoms. The number of ether oxygens (including phenoxy) is 1. The molecule has 0 aliphatic heterocycles. The van der Waals surface area contributed by atoms with Gasteiger partial charge in [-0.1, -0.05) is 36.2 Å². The Hall–Kier alpha value is -1.68. The van der Waals surface area contributed by atoms with Crippen molar-refractivity contribution >= 4 is 17.3 Å². The molecular formula is C20H23NO2S. The number of fused-ring (bicyclic) bond motifs is 2. The topological polar surface area (TPSA) is 39.2 Å². The van der Waals surface area contributed by atoms with Crippen molar-refractivity contribution in [2.24, 2.45) is 17.8 Å². The van der Waals surface area contributed by atoms with Crippen molar-refractivity contribution in [2.75, 3.05) is 0 Å². The van der Waals surface area contributed by atoms with Crippen molar-refractivity contribution in [3.8, 4) is 10.6 Å². The zero-order chi connectivity index (χ0) is 16.5. The average molecular weight is 341 g/mol. The molecule has 2 bridgehead atoms. The molecule has 0 radical (unpaired) electrons. The van der Waals surface area contributed by atoms with Crippen molar-refractivity contribution < 1.29 is 9.53 Å². The van der Waals surface area contributed by atoms with Crippen LogP contribution in [0.3, 0.4) is 0 Å². The number of hydrogen-bond donors (Lipinski definition) is 0. The third-order valence-corrected chi connectivity index (χ3v) is 6.48. The van der Waals surface area contributed by atoms with Crippen LogP contribution in [0.1, 0.15) is 43.4 Å². The highest BCUT2D eigenvalue weighted by Gasteiger charge is 2.40. The quantitative estimate of drug-likeness (QED) is 0.719. The van der Waals surface area contributed by atoms with Crippen LogP contribution in [0, 0.1) is 24.7 Å². The summed E-state index contributed by atoms with van der Waals surface area (Å²) in [5, 5.41) is 2.97. The van der Waals surface area contributed by atoms with E-state index in [1.54, 1.807) is 11.3 Å². The third kappa shape index (κ3) is 3.39. The zero-order valence-corrected chi connectivity index (χ0v) is 14.8. The van der Waals surface area contributed by atoms with Gasteiger partial charge < -0.3 is 4.74 Å². The van der Waals surface area contributed by atoms with E-state index in [4.69, 9.17) is 4.74 Å². The highest BCUT2D eigenvalue weighted by Crippen LogP contribution is 2.49. The number of nitrogens with zero attached hydrogens (tertiary/aromatic N) is 1. The van der Waals surface area contributed by atoms with Gasteiger partial charge in [-0.2, -0.15) is 0 Å². The maximum absolute atomic E-state index is 12.1. The lowest BCUT2D eigenvalue weighted by atomic mass is 9.86. The lowest BCUT2D eigenvalue weighted by Gasteiger charge is -2.20. The van der Waals surface area contributed by atoms with E-state index in [1.807, 2.05) is 5.38 Å². The number of thiazole rings is 1. The van der Waals surface area contributed by atoms with Crippen LogP contribution in [0.25, 0.3) is 10.6 Å². The maximum Gasteiger partial charge on any atom is 0.306 e. The average Bonchev–Trinajstić information content (AvgIpc) is 3.30. The van der Waals surface area contributed by atoms with Gasteiger partial charge in [0.15, 0.2) is 0 Å². The SMILES string of the molecule is Cc1ccc(-c2nc(COC(=O)C[C@H]3C[C@H]4CC[C@@H]3C4)cs2)cc1. The van der Waals surface area contributed by atoms with Crippen LogP contribution in [-0.4, -0.2) is 11.0 Å². The van der Waals surface area contributed by atoms with E-state index < -0.39 is 0 Å². The number of rotatable bonds is 5. The Morgan fingerprint density at radius 1 is 1.25 bits per heavy atom. The van der Waals surface area contributed by atoms with Gasteiger partial charge in [-0.25, -0.2) is 4.98 Å². The first-order chi connectivity index (χ1) is 11.7. The van der Waals surface area contributed by atoms with E-state index in [0.717, 1.165) is 28.1 Å². The van der Waals surface area contributed by atoms with E-state index in [9.17, 15) is 4.79 Å². The molecule has 4 rings (SSSR count). The Labute approximate surface area is 147 Å². The van der Waals surface area contributed by atoms with E-state index >= 15 is 0 Å². The molecule has 1 aromatic heterocycles. The second-order valence-electron chi connectivity index (χ2n) is 7.31. The summed E-state index contributed by atoms with van der Waals surface area (Å²) in [6.45, 7) is 2.37. The molecule has 0 amide bonds. The number of hydrogen-bond acceptors (Lipinski definition) is 4. The first kappa shape index (κ1) is 15.8. The molecule has 2 aromatic rings. The Morgan fingerprint density at radius 3 is 2.79 bits per heavy atom. The molecule has 0 unspecified atom stereocenters. The standard InChI is InChI=1S/C20H23NO2S/c1-13-2-5-15(6-3-13)20-21-18(12-24-20)11-23-19(22)10-17-9-14-4-7-16(17)8-14/h2-3,5-6,12,14,16-17H,4,7-11H2,1H3/t14-,16+,17+/m0/s1. The number of esters is 1. The molecule has 126 valence electrons. The van der Waals surface area contributed by atoms with Crippen LogP contribution < -0.4 is 0 Å². The van der Waals surface area contributed by atoms with Gasteiger partial charge in [-0.15, -0.1) is 11.3 Å². The summed E-state index contributed by atoms with van der Waals surface area (Å²) >= 11 is 1.60. The highest BCUT2D eigenvalue weighted by molar-refractivity contribution is 7.13. The van der Waals surface area contributed by atoms with E-state index in [1.165, 1.54) is 31.2 Å². The van der Waals surface area contributed by atoms with Crippen LogP contribution >= 0.6 is 11.3 Å². The van der Waals surface area contributed by atoms with Gasteiger partial charge in [0.1, 0.15) is 11.6 Å². The van der Waals surface area contributed by atoms with E-state index in [0.29, 0.717) is 18.9 Å². The smallest absolute Gasteiger partial charge is 0.306 e. The predicted octanol–water partition coefficient (Wildman–Crippen LogP) is 4.99. The molecule has 4 heteroatoms. The van der Waals surface area contributed by atoms with Crippen LogP contribution in [0.15, 0.2) is 29.6 Å². The monoisotopic (exact) mass is 341 g/mol. The molecule has 3 nitrogen and oxygen atoms in total. The van der Waals surface area contributed by atoms with Crippen LogP contribution in [0.4, 0.5) is 0 Å². The van der Waals surface area contributed by atoms with E-state index in [-0.39, 0.29) is 5.97 Å². The van der Waals surface area contributed by atoms with E-state index in [2.05, 4.69) is 36.2 Å². The molecule has 0 spiro atoms. The molecule has 2 saturated carbocycles. The fraction of sp³-hybridized carbons (Fsp3) is 0.500. The van der Waals surface area contributed by atoms with Crippen LogP contribution in [-0.2, 0) is 16.1 Å². The number of carbonyl (C=O) groups excluding carboxylic acids is 1. The van der Waals surface area contributed by atoms with Crippen molar-refractivity contribution in [1.29, 1.82) is 0 Å². The summed E-state index contributed by atoms with van der Waals surface area (Å²) in [6, 6.07) is 8.34. The summed E-state index contributed by atoms with van der Waals surface area (Å²) in [7, 11) is 0. The number of benzene rings is 1. The number of aromatic nitrogens is 1. The first-order valence-electron chi connectivity index (χ1n) is 8.84. The third-order valence-electron chi connectivity index (χ3n) is 5.54.